The van der Waals surface area contributed by atoms with Crippen LogP contribution in [0, 0.1) is 66.4 Å². The average Bonchev–Trinajstić information content (AvgIpc) is 2.95. The van der Waals surface area contributed by atoms with Gasteiger partial charge in [-0.15, -0.1) is 41.6 Å². The molecule has 0 aliphatic heterocycles. The number of pyridine rings is 1. The Balaban J connectivity index is 0. The van der Waals surface area contributed by atoms with E-state index in [0.717, 1.165) is 28.2 Å². The van der Waals surface area contributed by atoms with Crippen molar-refractivity contribution in [1.82, 2.24) is 4.98 Å². The van der Waals surface area contributed by atoms with Gasteiger partial charge in [-0.2, -0.15) is 35.9 Å². The van der Waals surface area contributed by atoms with Gasteiger partial charge >= 0.3 is 0 Å². The molecule has 4 rings (SSSR count). The van der Waals surface area contributed by atoms with Crippen LogP contribution in [0.1, 0.15) is 101 Å². The Morgan fingerprint density at radius 2 is 1.27 bits per heavy atom. The van der Waals surface area contributed by atoms with Gasteiger partial charge in [-0.25, -0.2) is 0 Å². The van der Waals surface area contributed by atoms with Crippen LogP contribution in [-0.2, 0) is 25.8 Å². The van der Waals surface area contributed by atoms with Crippen LogP contribution in [0.25, 0.3) is 16.6 Å². The number of nitrogens with zero attached hydrogens (tertiary/aromatic N) is 2. The Bertz CT molecular complexity index is 1180. The summed E-state index contributed by atoms with van der Waals surface area (Å²) in [5, 5.41) is 5.41. The number of benzene rings is 3. The molecule has 0 radical (unpaired) electrons. The topological polar surface area (TPSA) is 27.0 Å². The molecule has 0 spiro atoms. The third-order valence-electron chi connectivity index (χ3n) is 5.88. The van der Waals surface area contributed by atoms with E-state index in [9.17, 15) is 0 Å². The molecule has 1 atom stereocenters. The van der Waals surface area contributed by atoms with Gasteiger partial charge in [-0.3, -0.25) is 0 Å². The summed E-state index contributed by atoms with van der Waals surface area (Å²) in [6.45, 7) is 19.1. The normalized spacial score (nSPS) is 10.4. The fraction of sp³-hybridized carbons (Fsp3) is 0.333. The van der Waals surface area contributed by atoms with Crippen LogP contribution in [0.15, 0.2) is 78.9 Å². The molecule has 1 heterocycles. The molecule has 2 nitrogen and oxygen atoms in total. The summed E-state index contributed by atoms with van der Waals surface area (Å²) in [5.41, 5.74) is 8.76. The van der Waals surface area contributed by atoms with Crippen molar-refractivity contribution in [3.05, 3.63) is 132 Å². The van der Waals surface area contributed by atoms with Gasteiger partial charge in [0.25, 0.3) is 0 Å². The van der Waals surface area contributed by atoms with Gasteiger partial charge in [0, 0.05) is 71.5 Å². The van der Waals surface area contributed by atoms with Crippen molar-refractivity contribution in [2.45, 2.75) is 80.2 Å². The quantitative estimate of drug-likeness (QED) is 0.135. The van der Waals surface area contributed by atoms with Gasteiger partial charge in [0.1, 0.15) is 0 Å². The first-order valence-corrected chi connectivity index (χ1v) is 13.7. The molecular formula is C36H46GdHfN2-4. The van der Waals surface area contributed by atoms with Crippen molar-refractivity contribution < 1.29 is 65.8 Å². The van der Waals surface area contributed by atoms with Crippen LogP contribution in [0.4, 0.5) is 5.69 Å². The number of rotatable bonds is 7. The maximum atomic E-state index is 5.41. The van der Waals surface area contributed by atoms with E-state index in [4.69, 9.17) is 10.3 Å². The molecule has 1 aromatic heterocycles. The summed E-state index contributed by atoms with van der Waals surface area (Å²) in [6, 6.07) is 33.2. The minimum absolute atomic E-state index is 0. The maximum absolute atomic E-state index is 5.41. The monoisotopic (exact) mass is 844 g/mol. The molecule has 40 heavy (non-hydrogen) atoms. The molecule has 0 bridgehead atoms. The first-order chi connectivity index (χ1) is 17.9. The third kappa shape index (κ3) is 11.2. The first-order valence-electron chi connectivity index (χ1n) is 13.7. The van der Waals surface area contributed by atoms with Crippen molar-refractivity contribution in [1.29, 1.82) is 0 Å². The van der Waals surface area contributed by atoms with E-state index in [-0.39, 0.29) is 79.3 Å². The van der Waals surface area contributed by atoms with E-state index in [1.807, 2.05) is 76.2 Å². The van der Waals surface area contributed by atoms with Gasteiger partial charge in [-0.05, 0) is 30.5 Å². The van der Waals surface area contributed by atoms with Crippen LogP contribution in [0.3, 0.4) is 0 Å². The Morgan fingerprint density at radius 1 is 0.725 bits per heavy atom. The minimum atomic E-state index is -0.243. The predicted molar refractivity (Wildman–Crippen MR) is 167 cm³/mol. The van der Waals surface area contributed by atoms with E-state index in [2.05, 4.69) is 77.1 Å². The number of aromatic nitrogens is 1. The molecule has 3 aromatic carbocycles. The second kappa shape index (κ2) is 21.5. The fourth-order valence-electron chi connectivity index (χ4n) is 4.17. The van der Waals surface area contributed by atoms with Crippen LogP contribution in [0.5, 0.6) is 0 Å². The summed E-state index contributed by atoms with van der Waals surface area (Å²) in [7, 11) is 0. The van der Waals surface area contributed by atoms with Crippen molar-refractivity contribution in [3.63, 3.8) is 0 Å². The molecule has 4 heteroatoms. The van der Waals surface area contributed by atoms with Crippen LogP contribution in [-0.4, -0.2) is 4.98 Å². The Kier molecular flexibility index (Phi) is 22.0. The van der Waals surface area contributed by atoms with Crippen molar-refractivity contribution in [2.24, 2.45) is 0 Å². The summed E-state index contributed by atoms with van der Waals surface area (Å²) >= 11 is 0. The predicted octanol–water partition coefficient (Wildman–Crippen LogP) is 11.2. The van der Waals surface area contributed by atoms with Crippen molar-refractivity contribution in [3.8, 4) is 11.3 Å². The fourth-order valence-corrected chi connectivity index (χ4v) is 4.17. The first kappa shape index (κ1) is 40.9. The molecule has 216 valence electrons. The zero-order valence-corrected chi connectivity index (χ0v) is 31.8. The average molecular weight is 843 g/mol. The van der Waals surface area contributed by atoms with Gasteiger partial charge < -0.3 is 17.7 Å². The minimum Gasteiger partial charge on any atom is -0.674 e. The van der Waals surface area contributed by atoms with Crippen molar-refractivity contribution >= 4 is 5.69 Å². The van der Waals surface area contributed by atoms with Crippen LogP contribution in [0.2, 0.25) is 0 Å². The molecular weight excluding hydrogens is 796 g/mol. The van der Waals surface area contributed by atoms with E-state index in [1.54, 1.807) is 0 Å². The molecule has 0 aliphatic rings. The largest absolute Gasteiger partial charge is 0.674 e. The van der Waals surface area contributed by atoms with Gasteiger partial charge in [0.2, 0.25) is 0 Å². The van der Waals surface area contributed by atoms with Gasteiger partial charge in [0.15, 0.2) is 0 Å². The van der Waals surface area contributed by atoms with E-state index >= 15 is 0 Å². The summed E-state index contributed by atoms with van der Waals surface area (Å²) < 4.78 is 0. The number of aryl methyl sites for hydroxylation is 1. The van der Waals surface area contributed by atoms with Gasteiger partial charge in [0.05, 0.1) is 0 Å². The molecule has 0 amide bonds. The molecule has 4 aromatic rings. The maximum Gasteiger partial charge on any atom is 0.0174 e. The Hall–Kier alpha value is -1.20. The Morgan fingerprint density at radius 3 is 1.75 bits per heavy atom. The zero-order chi connectivity index (χ0) is 27.4. The SMILES string of the molecule is CC.CC.Cc1cc(C(C)C)c([N-]C(c2[c-]cccc2)c2cccc(-c3[c-]cccc3)n2)c(C(C)C)c1.[CH3-].[Gd].[Hf]. The standard InChI is InChI=1S/C31H31N2.2C2H6.CH3.Gd.Hf/c1-21(2)26-19-23(5)20-27(22(3)4)31(26)33-30(25-15-10-7-11-16-25)29-18-12-17-28(32-29)24-13-8-6-9-14-24;2*1-2;;;/h6-13,15,17-22,30H,1-5H3;2*1-2H3;1H3;;/q-3;;;-1;;. The van der Waals surface area contributed by atoms with Crippen LogP contribution >= 0.6 is 0 Å². The second-order valence-electron chi connectivity index (χ2n) is 9.17. The molecule has 0 N–H and O–H groups in total. The van der Waals surface area contributed by atoms with Gasteiger partial charge in [-0.1, -0.05) is 102 Å². The summed E-state index contributed by atoms with van der Waals surface area (Å²) in [6.07, 6.45) is 0. The van der Waals surface area contributed by atoms with Crippen LogP contribution < -0.4 is 0 Å². The van der Waals surface area contributed by atoms with E-state index < -0.39 is 0 Å². The molecule has 0 aliphatic carbocycles. The molecule has 0 saturated heterocycles. The van der Waals surface area contributed by atoms with E-state index in [1.165, 1.54) is 16.7 Å². The number of hydrogen-bond donors (Lipinski definition) is 0. The molecule has 0 fully saturated rings. The Labute approximate surface area is 296 Å². The van der Waals surface area contributed by atoms with Crippen molar-refractivity contribution in [2.75, 3.05) is 0 Å². The molecule has 0 saturated carbocycles. The number of hydrogen-bond acceptors (Lipinski definition) is 1. The smallest absolute Gasteiger partial charge is 0.0174 e. The third-order valence-corrected chi connectivity index (χ3v) is 5.88. The van der Waals surface area contributed by atoms with E-state index in [0.29, 0.717) is 11.8 Å². The summed E-state index contributed by atoms with van der Waals surface area (Å²) in [4.78, 5) is 5.04. The second-order valence-corrected chi connectivity index (χ2v) is 9.17. The molecule has 1 unspecified atom stereocenters. The summed E-state index contributed by atoms with van der Waals surface area (Å²) in [5.74, 6) is 0.750. The zero-order valence-electron chi connectivity index (χ0n) is 26.0.